The van der Waals surface area contributed by atoms with Crippen LogP contribution in [-0.4, -0.2) is 108 Å². The van der Waals surface area contributed by atoms with Gasteiger partial charge in [0.15, 0.2) is 17.3 Å². The topological polar surface area (TPSA) is 124 Å². The Hall–Kier alpha value is -3.94. The summed E-state index contributed by atoms with van der Waals surface area (Å²) in [6, 6.07) is 13.6. The fourth-order valence-corrected chi connectivity index (χ4v) is 6.31. The highest BCUT2D eigenvalue weighted by molar-refractivity contribution is 7.89. The van der Waals surface area contributed by atoms with Crippen LogP contribution in [0.2, 0.25) is 0 Å². The van der Waals surface area contributed by atoms with Gasteiger partial charge in [-0.15, -0.1) is 10.2 Å². The Labute approximate surface area is 239 Å². The molecule has 3 aromatic rings. The van der Waals surface area contributed by atoms with Crippen LogP contribution in [0.15, 0.2) is 53.4 Å². The molecule has 5 rings (SSSR count). The third kappa shape index (κ3) is 5.92. The highest BCUT2D eigenvalue weighted by Gasteiger charge is 2.28. The number of morpholine rings is 1. The summed E-state index contributed by atoms with van der Waals surface area (Å²) in [5.41, 5.74) is 1.88. The molecule has 2 fully saturated rings. The van der Waals surface area contributed by atoms with E-state index in [4.69, 9.17) is 18.9 Å². The van der Waals surface area contributed by atoms with Crippen LogP contribution in [0.4, 0.5) is 5.82 Å². The lowest BCUT2D eigenvalue weighted by molar-refractivity contribution is 0.0730. The van der Waals surface area contributed by atoms with E-state index in [0.29, 0.717) is 86.8 Å². The summed E-state index contributed by atoms with van der Waals surface area (Å²) < 4.78 is 48.7. The van der Waals surface area contributed by atoms with E-state index in [1.165, 1.54) is 16.4 Å². The quantitative estimate of drug-likeness (QED) is 0.390. The summed E-state index contributed by atoms with van der Waals surface area (Å²) in [7, 11) is 1.07. The van der Waals surface area contributed by atoms with Crippen molar-refractivity contribution in [1.29, 1.82) is 0 Å². The predicted octanol–water partition coefficient (Wildman–Crippen LogP) is 2.15. The van der Waals surface area contributed by atoms with E-state index >= 15 is 0 Å². The predicted molar refractivity (Wildman–Crippen MR) is 151 cm³/mol. The number of piperazine rings is 1. The molecular formula is C28H33N5O7S. The van der Waals surface area contributed by atoms with Crippen LogP contribution in [0.3, 0.4) is 0 Å². The third-order valence-corrected chi connectivity index (χ3v) is 9.12. The second-order valence-electron chi connectivity index (χ2n) is 9.51. The van der Waals surface area contributed by atoms with Crippen molar-refractivity contribution in [3.05, 3.63) is 54.1 Å². The van der Waals surface area contributed by atoms with Gasteiger partial charge in [0, 0.05) is 50.4 Å². The van der Waals surface area contributed by atoms with Crippen molar-refractivity contribution in [3.8, 4) is 28.5 Å². The van der Waals surface area contributed by atoms with E-state index in [0.717, 1.165) is 5.56 Å². The number of amides is 1. The van der Waals surface area contributed by atoms with Crippen molar-refractivity contribution in [1.82, 2.24) is 19.4 Å². The minimum absolute atomic E-state index is 0.135. The zero-order chi connectivity index (χ0) is 29.0. The molecule has 1 aromatic heterocycles. The molecular weight excluding hydrogens is 550 g/mol. The van der Waals surface area contributed by atoms with Gasteiger partial charge in [0.2, 0.25) is 15.8 Å². The van der Waals surface area contributed by atoms with E-state index < -0.39 is 10.0 Å². The van der Waals surface area contributed by atoms with Crippen LogP contribution in [0.1, 0.15) is 10.4 Å². The lowest BCUT2D eigenvalue weighted by Gasteiger charge is -2.35. The van der Waals surface area contributed by atoms with Crippen molar-refractivity contribution in [2.45, 2.75) is 4.90 Å². The molecule has 0 spiro atoms. The Morgan fingerprint density at radius 2 is 1.44 bits per heavy atom. The molecule has 218 valence electrons. The van der Waals surface area contributed by atoms with Crippen LogP contribution in [0.5, 0.6) is 17.2 Å². The van der Waals surface area contributed by atoms with Gasteiger partial charge in [0.25, 0.3) is 5.91 Å². The van der Waals surface area contributed by atoms with Gasteiger partial charge in [0.05, 0.1) is 45.1 Å². The first kappa shape index (κ1) is 28.6. The number of carbonyl (C=O) groups is 1. The number of carbonyl (C=O) groups excluding carboxylic acids is 1. The van der Waals surface area contributed by atoms with Crippen molar-refractivity contribution in [2.24, 2.45) is 0 Å². The summed E-state index contributed by atoms with van der Waals surface area (Å²) in [6.07, 6.45) is 0. The lowest BCUT2D eigenvalue weighted by Crippen LogP contribution is -2.49. The molecule has 0 atom stereocenters. The number of benzene rings is 2. The normalized spacial score (nSPS) is 16.4. The first-order valence-electron chi connectivity index (χ1n) is 13.2. The molecule has 41 heavy (non-hydrogen) atoms. The number of nitrogens with zero attached hydrogens (tertiary/aromatic N) is 5. The minimum Gasteiger partial charge on any atom is -0.493 e. The van der Waals surface area contributed by atoms with Crippen LogP contribution >= 0.6 is 0 Å². The fraction of sp³-hybridized carbons (Fsp3) is 0.393. The smallest absolute Gasteiger partial charge is 0.253 e. The zero-order valence-corrected chi connectivity index (χ0v) is 24.1. The number of methoxy groups -OCH3 is 3. The first-order chi connectivity index (χ1) is 19.8. The van der Waals surface area contributed by atoms with Crippen molar-refractivity contribution in [2.75, 3.05) is 78.7 Å². The number of ether oxygens (including phenoxy) is 4. The molecule has 12 nitrogen and oxygen atoms in total. The minimum atomic E-state index is -3.61. The van der Waals surface area contributed by atoms with E-state index in [-0.39, 0.29) is 10.8 Å². The molecule has 2 aliphatic rings. The monoisotopic (exact) mass is 583 g/mol. The van der Waals surface area contributed by atoms with Crippen LogP contribution in [-0.2, 0) is 14.8 Å². The molecule has 0 aliphatic carbocycles. The summed E-state index contributed by atoms with van der Waals surface area (Å²) in [5.74, 6) is 2.14. The van der Waals surface area contributed by atoms with Gasteiger partial charge in [-0.1, -0.05) is 0 Å². The molecule has 0 radical (unpaired) electrons. The van der Waals surface area contributed by atoms with Gasteiger partial charge < -0.3 is 28.7 Å². The SMILES string of the molecule is COc1cc(-c2ccc(N3CCN(C(=O)c4ccc(S(=O)(=O)N5CCOCC5)cc4)CC3)nn2)cc(OC)c1OC. The maximum atomic E-state index is 13.1. The molecule has 3 heterocycles. The highest BCUT2D eigenvalue weighted by Crippen LogP contribution is 2.40. The fourth-order valence-electron chi connectivity index (χ4n) is 4.90. The molecule has 2 aliphatic heterocycles. The van der Waals surface area contributed by atoms with Gasteiger partial charge in [-0.05, 0) is 48.5 Å². The van der Waals surface area contributed by atoms with Gasteiger partial charge in [-0.25, -0.2) is 8.42 Å². The first-order valence-corrected chi connectivity index (χ1v) is 14.7. The van der Waals surface area contributed by atoms with E-state index in [9.17, 15) is 13.2 Å². The molecule has 0 N–H and O–H groups in total. The molecule has 2 saturated heterocycles. The second kappa shape index (κ2) is 12.3. The zero-order valence-electron chi connectivity index (χ0n) is 23.3. The third-order valence-electron chi connectivity index (χ3n) is 7.21. The number of sulfonamides is 1. The number of rotatable bonds is 8. The molecule has 0 unspecified atom stereocenters. The van der Waals surface area contributed by atoms with Crippen LogP contribution < -0.4 is 19.1 Å². The van der Waals surface area contributed by atoms with Crippen LogP contribution in [0, 0.1) is 0 Å². The molecule has 1 amide bonds. The largest absolute Gasteiger partial charge is 0.493 e. The molecule has 2 aromatic carbocycles. The number of aromatic nitrogens is 2. The maximum absolute atomic E-state index is 13.1. The van der Waals surface area contributed by atoms with Crippen LogP contribution in [0.25, 0.3) is 11.3 Å². The van der Waals surface area contributed by atoms with E-state index in [1.54, 1.807) is 38.4 Å². The maximum Gasteiger partial charge on any atom is 0.253 e. The average molecular weight is 584 g/mol. The van der Waals surface area contributed by atoms with E-state index in [1.807, 2.05) is 24.3 Å². The van der Waals surface area contributed by atoms with Crippen molar-refractivity contribution in [3.63, 3.8) is 0 Å². The standard InChI is InChI=1S/C28H33N5O7S/c1-37-24-18-21(19-25(38-2)27(24)39-3)23-8-9-26(30-29-23)31-10-12-32(13-11-31)28(34)20-4-6-22(7-5-20)41(35,36)33-14-16-40-17-15-33/h4-9,18-19H,10-17H2,1-3H3. The average Bonchev–Trinajstić information content (AvgIpc) is 3.04. The van der Waals surface area contributed by atoms with Gasteiger partial charge in [-0.2, -0.15) is 4.31 Å². The number of hydrogen-bond donors (Lipinski definition) is 0. The Morgan fingerprint density at radius 3 is 1.98 bits per heavy atom. The van der Waals surface area contributed by atoms with Gasteiger partial charge in [-0.3, -0.25) is 4.79 Å². The van der Waals surface area contributed by atoms with Gasteiger partial charge in [0.1, 0.15) is 0 Å². The molecule has 0 saturated carbocycles. The summed E-state index contributed by atoms with van der Waals surface area (Å²) >= 11 is 0. The molecule has 13 heteroatoms. The summed E-state index contributed by atoms with van der Waals surface area (Å²) in [5, 5.41) is 8.83. The Bertz CT molecular complexity index is 1440. The lowest BCUT2D eigenvalue weighted by atomic mass is 10.1. The van der Waals surface area contributed by atoms with Gasteiger partial charge >= 0.3 is 0 Å². The summed E-state index contributed by atoms with van der Waals surface area (Å²) in [4.78, 5) is 17.1. The van der Waals surface area contributed by atoms with E-state index in [2.05, 4.69) is 15.1 Å². The molecule has 0 bridgehead atoms. The van der Waals surface area contributed by atoms with Crippen molar-refractivity contribution < 1.29 is 32.2 Å². The summed E-state index contributed by atoms with van der Waals surface area (Å²) in [6.45, 7) is 3.60. The highest BCUT2D eigenvalue weighted by atomic mass is 32.2. The number of anilines is 1. The Balaban J connectivity index is 1.21. The van der Waals surface area contributed by atoms with Crippen molar-refractivity contribution >= 4 is 21.7 Å². The number of hydrogen-bond acceptors (Lipinski definition) is 10. The Morgan fingerprint density at radius 1 is 0.805 bits per heavy atom. The second-order valence-corrected chi connectivity index (χ2v) is 11.4. The Kier molecular flexibility index (Phi) is 8.57.